The van der Waals surface area contributed by atoms with Crippen molar-refractivity contribution in [3.8, 4) is 22.9 Å². The standard InChI is InChI=1S/C40H48N6O2S/c1-37(2,3)23-39(7,8)25-19-31(45-41-27-15-11-12-16-28(27)42-45)35(47)33(21-25)49-34-22-26(40(9,10)24-38(4,5)6)20-32(36(34)48)46-43-29-17-13-14-18-30(29)44-46/h11-22,47-48H,23-24H2,1-10H3. The van der Waals surface area contributed by atoms with E-state index in [9.17, 15) is 10.2 Å². The Kier molecular flexibility index (Phi) is 8.58. The highest BCUT2D eigenvalue weighted by Gasteiger charge is 2.32. The lowest BCUT2D eigenvalue weighted by molar-refractivity contribution is 0.283. The number of aromatic hydroxyl groups is 2. The molecular formula is C40H48N6O2S. The van der Waals surface area contributed by atoms with Gasteiger partial charge in [-0.15, -0.1) is 30.0 Å². The fourth-order valence-corrected chi connectivity index (χ4v) is 8.35. The normalized spacial score (nSPS) is 13.1. The maximum absolute atomic E-state index is 12.0. The quantitative estimate of drug-likeness (QED) is 0.165. The third-order valence-electron chi connectivity index (χ3n) is 8.84. The number of benzene rings is 4. The summed E-state index contributed by atoms with van der Waals surface area (Å²) in [7, 11) is 0. The molecule has 0 saturated heterocycles. The lowest BCUT2D eigenvalue weighted by Crippen LogP contribution is -2.25. The predicted molar refractivity (Wildman–Crippen MR) is 199 cm³/mol. The monoisotopic (exact) mass is 676 g/mol. The molecule has 8 nitrogen and oxygen atoms in total. The third kappa shape index (κ3) is 7.32. The summed E-state index contributed by atoms with van der Waals surface area (Å²) in [6.45, 7) is 22.4. The van der Waals surface area contributed by atoms with Gasteiger partial charge in [-0.2, -0.15) is 0 Å². The Hall–Kier alpha value is -4.37. The lowest BCUT2D eigenvalue weighted by atomic mass is 9.72. The van der Waals surface area contributed by atoms with Crippen molar-refractivity contribution in [2.45, 2.75) is 103 Å². The lowest BCUT2D eigenvalue weighted by Gasteiger charge is -2.34. The van der Waals surface area contributed by atoms with E-state index in [1.807, 2.05) is 72.8 Å². The van der Waals surface area contributed by atoms with Gasteiger partial charge in [0.1, 0.15) is 33.4 Å². The molecule has 0 saturated carbocycles. The molecule has 9 heteroatoms. The van der Waals surface area contributed by atoms with Crippen LogP contribution >= 0.6 is 11.8 Å². The average molecular weight is 677 g/mol. The molecule has 0 aliphatic rings. The Balaban J connectivity index is 1.55. The van der Waals surface area contributed by atoms with Gasteiger partial charge in [-0.05, 0) is 94.2 Å². The molecule has 0 spiro atoms. The average Bonchev–Trinajstić information content (AvgIpc) is 3.61. The number of rotatable bonds is 8. The van der Waals surface area contributed by atoms with Gasteiger partial charge in [0.05, 0.1) is 9.79 Å². The highest BCUT2D eigenvalue weighted by molar-refractivity contribution is 7.99. The molecule has 0 radical (unpaired) electrons. The van der Waals surface area contributed by atoms with Gasteiger partial charge in [0.15, 0.2) is 11.5 Å². The van der Waals surface area contributed by atoms with Gasteiger partial charge >= 0.3 is 0 Å². The molecule has 49 heavy (non-hydrogen) atoms. The van der Waals surface area contributed by atoms with Gasteiger partial charge in [0, 0.05) is 0 Å². The summed E-state index contributed by atoms with van der Waals surface area (Å²) in [5.74, 6) is 0.0905. The zero-order chi connectivity index (χ0) is 35.5. The van der Waals surface area contributed by atoms with Crippen molar-refractivity contribution < 1.29 is 10.2 Å². The van der Waals surface area contributed by atoms with Crippen LogP contribution in [0.4, 0.5) is 0 Å². The summed E-state index contributed by atoms with van der Waals surface area (Å²) in [5.41, 5.74) is 5.67. The minimum Gasteiger partial charge on any atom is -0.504 e. The van der Waals surface area contributed by atoms with E-state index in [1.54, 1.807) is 0 Å². The Labute approximate surface area is 293 Å². The first-order chi connectivity index (χ1) is 22.8. The first kappa shape index (κ1) is 34.5. The largest absolute Gasteiger partial charge is 0.504 e. The van der Waals surface area contributed by atoms with Crippen LogP contribution in [0, 0.1) is 10.8 Å². The van der Waals surface area contributed by atoms with Crippen molar-refractivity contribution >= 4 is 33.8 Å². The van der Waals surface area contributed by atoms with Crippen LogP contribution in [0.15, 0.2) is 82.6 Å². The minimum absolute atomic E-state index is 0.0453. The molecule has 6 aromatic rings. The smallest absolute Gasteiger partial charge is 0.157 e. The number of nitrogens with zero attached hydrogens (tertiary/aromatic N) is 6. The van der Waals surface area contributed by atoms with E-state index in [2.05, 4.69) is 69.2 Å². The second kappa shape index (κ2) is 12.2. The fourth-order valence-electron chi connectivity index (χ4n) is 7.34. The summed E-state index contributed by atoms with van der Waals surface area (Å²) in [6, 6.07) is 23.5. The fraction of sp³-hybridized carbons (Fsp3) is 0.400. The number of aromatic nitrogens is 6. The predicted octanol–water partition coefficient (Wildman–Crippen LogP) is 10.1. The van der Waals surface area contributed by atoms with Crippen LogP contribution < -0.4 is 0 Å². The van der Waals surface area contributed by atoms with Gasteiger partial charge < -0.3 is 10.2 Å². The molecule has 2 N–H and O–H groups in total. The second-order valence-electron chi connectivity index (χ2n) is 17.0. The molecule has 0 atom stereocenters. The Morgan fingerprint density at radius 1 is 0.510 bits per heavy atom. The van der Waals surface area contributed by atoms with E-state index in [0.29, 0.717) is 21.2 Å². The van der Waals surface area contributed by atoms with Crippen LogP contribution in [0.2, 0.25) is 0 Å². The van der Waals surface area contributed by atoms with Crippen molar-refractivity contribution in [3.63, 3.8) is 0 Å². The zero-order valence-corrected chi connectivity index (χ0v) is 31.1. The van der Waals surface area contributed by atoms with Crippen LogP contribution in [0.1, 0.15) is 93.2 Å². The van der Waals surface area contributed by atoms with Gasteiger partial charge in [-0.3, -0.25) is 0 Å². The molecule has 0 bridgehead atoms. The Morgan fingerprint density at radius 2 is 0.816 bits per heavy atom. The topological polar surface area (TPSA) is 102 Å². The van der Waals surface area contributed by atoms with E-state index in [4.69, 9.17) is 20.4 Å². The molecule has 256 valence electrons. The first-order valence-electron chi connectivity index (χ1n) is 16.9. The van der Waals surface area contributed by atoms with Crippen LogP contribution in [0.3, 0.4) is 0 Å². The van der Waals surface area contributed by atoms with E-state index in [-0.39, 0.29) is 33.2 Å². The van der Waals surface area contributed by atoms with E-state index >= 15 is 0 Å². The van der Waals surface area contributed by atoms with Crippen molar-refractivity contribution in [2.24, 2.45) is 10.8 Å². The molecule has 0 fully saturated rings. The van der Waals surface area contributed by atoms with Crippen LogP contribution in [0.25, 0.3) is 33.4 Å². The highest BCUT2D eigenvalue weighted by atomic mass is 32.2. The zero-order valence-electron chi connectivity index (χ0n) is 30.3. The summed E-state index contributed by atoms with van der Waals surface area (Å²) in [5, 5.41) is 42.9. The van der Waals surface area contributed by atoms with Gasteiger partial charge in [-0.1, -0.05) is 105 Å². The molecule has 6 rings (SSSR count). The number of hydrogen-bond acceptors (Lipinski definition) is 7. The molecule has 0 amide bonds. The maximum Gasteiger partial charge on any atom is 0.157 e. The minimum atomic E-state index is -0.245. The Morgan fingerprint density at radius 3 is 1.10 bits per heavy atom. The molecule has 2 heterocycles. The van der Waals surface area contributed by atoms with Gasteiger partial charge in [-0.25, -0.2) is 0 Å². The van der Waals surface area contributed by atoms with Crippen LogP contribution in [0.5, 0.6) is 11.5 Å². The number of fused-ring (bicyclic) bond motifs is 2. The summed E-state index contributed by atoms with van der Waals surface area (Å²) >= 11 is 1.33. The van der Waals surface area contributed by atoms with Crippen molar-refractivity contribution in [3.05, 3.63) is 83.9 Å². The van der Waals surface area contributed by atoms with E-state index < -0.39 is 0 Å². The molecule has 0 aliphatic carbocycles. The first-order valence-corrected chi connectivity index (χ1v) is 17.7. The number of phenols is 2. The molecule has 0 unspecified atom stereocenters. The summed E-state index contributed by atoms with van der Waals surface area (Å²) < 4.78 is 0. The number of hydrogen-bond donors (Lipinski definition) is 2. The number of phenolic OH excluding ortho intramolecular Hbond substituents is 2. The van der Waals surface area contributed by atoms with Crippen molar-refractivity contribution in [1.82, 2.24) is 30.0 Å². The Bertz CT molecular complexity index is 1940. The SMILES string of the molecule is CC(C)(C)CC(C)(C)c1cc(Sc2cc(C(C)(C)CC(C)(C)C)cc(-n3nc4ccccc4n3)c2O)c(O)c(-n2nc3ccccc3n2)c1. The third-order valence-corrected chi connectivity index (χ3v) is 9.90. The van der Waals surface area contributed by atoms with Crippen LogP contribution in [-0.4, -0.2) is 40.2 Å². The van der Waals surface area contributed by atoms with Crippen LogP contribution in [-0.2, 0) is 10.8 Å². The summed E-state index contributed by atoms with van der Waals surface area (Å²) in [4.78, 5) is 4.24. The molecule has 4 aromatic carbocycles. The highest BCUT2D eigenvalue weighted by Crippen LogP contribution is 2.48. The maximum atomic E-state index is 12.0. The van der Waals surface area contributed by atoms with E-state index in [0.717, 1.165) is 46.0 Å². The summed E-state index contributed by atoms with van der Waals surface area (Å²) in [6.07, 6.45) is 1.82. The van der Waals surface area contributed by atoms with Gasteiger partial charge in [0.25, 0.3) is 0 Å². The van der Waals surface area contributed by atoms with E-state index in [1.165, 1.54) is 21.4 Å². The molecule has 2 aromatic heterocycles. The van der Waals surface area contributed by atoms with Crippen molar-refractivity contribution in [2.75, 3.05) is 0 Å². The molecule has 0 aliphatic heterocycles. The molecular weight excluding hydrogens is 629 g/mol. The second-order valence-corrected chi connectivity index (χ2v) is 18.1. The van der Waals surface area contributed by atoms with Gasteiger partial charge in [0.2, 0.25) is 0 Å². The van der Waals surface area contributed by atoms with Crippen molar-refractivity contribution in [1.29, 1.82) is 0 Å².